The monoisotopic (exact) mass is 686 g/mol. The average Bonchev–Trinajstić information content (AvgIpc) is 3.74. The van der Waals surface area contributed by atoms with Crippen molar-refractivity contribution in [1.82, 2.24) is 19.1 Å². The van der Waals surface area contributed by atoms with E-state index < -0.39 is 0 Å². The number of hydrogen-bond acceptors (Lipinski definition) is 2. The van der Waals surface area contributed by atoms with Crippen LogP contribution in [0, 0.1) is 0 Å². The maximum Gasteiger partial charge on any atom is 0.165 e. The van der Waals surface area contributed by atoms with E-state index in [4.69, 9.17) is 9.97 Å². The van der Waals surface area contributed by atoms with Gasteiger partial charge in [0, 0.05) is 32.8 Å². The Morgan fingerprint density at radius 3 is 1.61 bits per heavy atom. The molecule has 3 aromatic heterocycles. The number of hydrogen-bond donors (Lipinski definition) is 0. The van der Waals surface area contributed by atoms with E-state index in [2.05, 4.69) is 179 Å². The van der Waals surface area contributed by atoms with Crippen LogP contribution < -0.4 is 0 Å². The van der Waals surface area contributed by atoms with Crippen LogP contribution in [0.25, 0.3) is 110 Å². The Labute approximate surface area is 309 Å². The van der Waals surface area contributed by atoms with E-state index in [-0.39, 0.29) is 0 Å². The van der Waals surface area contributed by atoms with Gasteiger partial charge in [0.15, 0.2) is 5.82 Å². The van der Waals surface area contributed by atoms with E-state index in [9.17, 15) is 0 Å². The molecular formula is C50H30N4. The van der Waals surface area contributed by atoms with E-state index in [0.29, 0.717) is 0 Å². The zero-order valence-electron chi connectivity index (χ0n) is 29.1. The second kappa shape index (κ2) is 11.1. The summed E-state index contributed by atoms with van der Waals surface area (Å²) in [6, 6.07) is 65.5. The fourth-order valence-electron chi connectivity index (χ4n) is 8.76. The first-order valence-electron chi connectivity index (χ1n) is 18.4. The highest BCUT2D eigenvalue weighted by atomic mass is 15.1. The van der Waals surface area contributed by atoms with Crippen LogP contribution in [0.5, 0.6) is 0 Å². The highest BCUT2D eigenvalue weighted by molar-refractivity contribution is 6.15. The van der Waals surface area contributed by atoms with Gasteiger partial charge in [-0.05, 0) is 93.0 Å². The molecule has 0 saturated carbocycles. The predicted octanol–water partition coefficient (Wildman–Crippen LogP) is 13.0. The van der Waals surface area contributed by atoms with Crippen LogP contribution in [0.3, 0.4) is 0 Å². The molecule has 0 bridgehead atoms. The van der Waals surface area contributed by atoms with Crippen molar-refractivity contribution in [2.24, 2.45) is 0 Å². The van der Waals surface area contributed by atoms with Crippen LogP contribution >= 0.6 is 0 Å². The Balaban J connectivity index is 1.15. The molecule has 12 aromatic rings. The molecule has 0 atom stereocenters. The first-order valence-corrected chi connectivity index (χ1v) is 18.4. The Hall–Kier alpha value is -7.30. The molecule has 3 heterocycles. The minimum atomic E-state index is 0.817. The molecule has 0 unspecified atom stereocenters. The molecule has 0 aliphatic carbocycles. The van der Waals surface area contributed by atoms with Gasteiger partial charge in [-0.3, -0.25) is 4.57 Å². The van der Waals surface area contributed by atoms with Crippen LogP contribution in [0.4, 0.5) is 0 Å². The van der Waals surface area contributed by atoms with Gasteiger partial charge in [-0.25, -0.2) is 9.97 Å². The highest BCUT2D eigenvalue weighted by Crippen LogP contribution is 2.40. The summed E-state index contributed by atoms with van der Waals surface area (Å²) in [4.78, 5) is 10.8. The highest BCUT2D eigenvalue weighted by Gasteiger charge is 2.21. The summed E-state index contributed by atoms with van der Waals surface area (Å²) in [6.07, 6.45) is 0. The lowest BCUT2D eigenvalue weighted by atomic mass is 9.99. The van der Waals surface area contributed by atoms with Gasteiger partial charge in [-0.1, -0.05) is 121 Å². The SMILES string of the molecule is c1ccc2c(c1)ccc1ccc(-c3nc4ccccc4nc3-n3c4ccccc4c4cc5ccc(-n6c7ccccc7c7ccccc76)cc5cc43)cc12. The van der Waals surface area contributed by atoms with E-state index in [1.165, 1.54) is 64.9 Å². The lowest BCUT2D eigenvalue weighted by molar-refractivity contribution is 1.08. The van der Waals surface area contributed by atoms with E-state index in [1.54, 1.807) is 0 Å². The molecule has 0 saturated heterocycles. The van der Waals surface area contributed by atoms with Crippen LogP contribution in [0.15, 0.2) is 182 Å². The molecular weight excluding hydrogens is 657 g/mol. The number of nitrogens with zero attached hydrogens (tertiary/aromatic N) is 4. The van der Waals surface area contributed by atoms with Crippen LogP contribution in [0.1, 0.15) is 0 Å². The van der Waals surface area contributed by atoms with Gasteiger partial charge < -0.3 is 4.57 Å². The Morgan fingerprint density at radius 1 is 0.315 bits per heavy atom. The van der Waals surface area contributed by atoms with Gasteiger partial charge in [-0.15, -0.1) is 0 Å². The predicted molar refractivity (Wildman–Crippen MR) is 226 cm³/mol. The lowest BCUT2D eigenvalue weighted by Gasteiger charge is -2.15. The quantitative estimate of drug-likeness (QED) is 0.173. The number of rotatable bonds is 3. The molecule has 0 fully saturated rings. The Bertz CT molecular complexity index is 3460. The van der Waals surface area contributed by atoms with Gasteiger partial charge in [0.2, 0.25) is 0 Å². The number of aromatic nitrogens is 4. The zero-order valence-corrected chi connectivity index (χ0v) is 29.1. The summed E-state index contributed by atoms with van der Waals surface area (Å²) >= 11 is 0. The smallest absolute Gasteiger partial charge is 0.165 e. The molecule has 9 aromatic carbocycles. The second-order valence-electron chi connectivity index (χ2n) is 14.2. The summed E-state index contributed by atoms with van der Waals surface area (Å²) in [5, 5.41) is 12.1. The van der Waals surface area contributed by atoms with Crippen molar-refractivity contribution < 1.29 is 0 Å². The molecule has 4 heteroatoms. The fraction of sp³-hybridized carbons (Fsp3) is 0. The normalized spacial score (nSPS) is 12.1. The zero-order chi connectivity index (χ0) is 35.3. The average molecular weight is 687 g/mol. The minimum Gasteiger partial charge on any atom is -0.309 e. The van der Waals surface area contributed by atoms with Gasteiger partial charge in [-0.2, -0.15) is 0 Å². The molecule has 12 rings (SSSR count). The first kappa shape index (κ1) is 29.3. The molecule has 0 radical (unpaired) electrons. The molecule has 0 N–H and O–H groups in total. The fourth-order valence-corrected chi connectivity index (χ4v) is 8.76. The van der Waals surface area contributed by atoms with Crippen molar-refractivity contribution in [3.8, 4) is 22.8 Å². The molecule has 250 valence electrons. The number of benzene rings is 9. The van der Waals surface area contributed by atoms with Gasteiger partial charge >= 0.3 is 0 Å². The molecule has 0 amide bonds. The van der Waals surface area contributed by atoms with Crippen LogP contribution in [0.2, 0.25) is 0 Å². The third-order valence-electron chi connectivity index (χ3n) is 11.2. The third kappa shape index (κ3) is 4.19. The summed E-state index contributed by atoms with van der Waals surface area (Å²) in [7, 11) is 0. The molecule has 0 spiro atoms. The van der Waals surface area contributed by atoms with Gasteiger partial charge in [0.05, 0.1) is 33.1 Å². The molecule has 54 heavy (non-hydrogen) atoms. The Morgan fingerprint density at radius 2 is 0.870 bits per heavy atom. The van der Waals surface area contributed by atoms with E-state index in [0.717, 1.165) is 44.8 Å². The first-order chi connectivity index (χ1) is 26.8. The molecule has 0 aliphatic heterocycles. The van der Waals surface area contributed by atoms with Crippen molar-refractivity contribution in [2.45, 2.75) is 0 Å². The second-order valence-corrected chi connectivity index (χ2v) is 14.2. The minimum absolute atomic E-state index is 0.817. The van der Waals surface area contributed by atoms with Crippen molar-refractivity contribution >= 4 is 87.0 Å². The van der Waals surface area contributed by atoms with E-state index >= 15 is 0 Å². The third-order valence-corrected chi connectivity index (χ3v) is 11.2. The van der Waals surface area contributed by atoms with Crippen molar-refractivity contribution in [2.75, 3.05) is 0 Å². The standard InChI is InChI=1S/C50H30N4/c1-2-12-37-31(11-1)21-22-32-23-24-34(29-41(32)37)49-50(52-44-17-7-6-16-43(44)51-49)54-47-20-10-5-15-40(47)42-28-33-25-26-36(27-35(33)30-48(42)54)53-45-18-8-3-13-38(45)39-14-4-9-19-46(39)53/h1-30H. The van der Waals surface area contributed by atoms with Gasteiger partial charge in [0.25, 0.3) is 0 Å². The number of fused-ring (bicyclic) bond motifs is 11. The van der Waals surface area contributed by atoms with Crippen LogP contribution in [-0.2, 0) is 0 Å². The van der Waals surface area contributed by atoms with Crippen molar-refractivity contribution in [3.63, 3.8) is 0 Å². The van der Waals surface area contributed by atoms with E-state index in [1.807, 2.05) is 12.1 Å². The van der Waals surface area contributed by atoms with Crippen molar-refractivity contribution in [3.05, 3.63) is 182 Å². The summed E-state index contributed by atoms with van der Waals surface area (Å²) in [5.41, 5.74) is 9.36. The van der Waals surface area contributed by atoms with Crippen molar-refractivity contribution in [1.29, 1.82) is 0 Å². The summed E-state index contributed by atoms with van der Waals surface area (Å²) in [6.45, 7) is 0. The number of para-hydroxylation sites is 5. The summed E-state index contributed by atoms with van der Waals surface area (Å²) in [5.74, 6) is 0.817. The Kier molecular flexibility index (Phi) is 6.02. The maximum atomic E-state index is 5.44. The largest absolute Gasteiger partial charge is 0.309 e. The molecule has 0 aliphatic rings. The maximum absolute atomic E-state index is 5.44. The topological polar surface area (TPSA) is 35.6 Å². The summed E-state index contributed by atoms with van der Waals surface area (Å²) < 4.78 is 4.72. The molecule has 4 nitrogen and oxygen atoms in total. The van der Waals surface area contributed by atoms with Crippen LogP contribution in [-0.4, -0.2) is 19.1 Å². The lowest BCUT2D eigenvalue weighted by Crippen LogP contribution is -2.03. The van der Waals surface area contributed by atoms with Gasteiger partial charge in [0.1, 0.15) is 5.69 Å².